The molecule has 0 saturated heterocycles. The summed E-state index contributed by atoms with van der Waals surface area (Å²) in [7, 11) is -3.54. The number of sulfonamides is 1. The highest BCUT2D eigenvalue weighted by atomic mass is 32.2. The molecule has 7 heteroatoms. The van der Waals surface area contributed by atoms with Crippen LogP contribution < -0.4 is 5.32 Å². The zero-order valence-corrected chi connectivity index (χ0v) is 17.5. The molecule has 1 atom stereocenters. The molecule has 27 heavy (non-hydrogen) atoms. The highest BCUT2D eigenvalue weighted by Gasteiger charge is 2.21. The van der Waals surface area contributed by atoms with Gasteiger partial charge in [-0.05, 0) is 30.7 Å². The number of nitrogens with zero attached hydrogens (tertiary/aromatic N) is 1. The Hall–Kier alpha value is -1.83. The topological polar surface area (TPSA) is 66.5 Å². The summed E-state index contributed by atoms with van der Waals surface area (Å²) in [5, 5.41) is 2.99. The van der Waals surface area contributed by atoms with Gasteiger partial charge in [-0.3, -0.25) is 4.79 Å². The minimum absolute atomic E-state index is 0.153. The summed E-state index contributed by atoms with van der Waals surface area (Å²) >= 11 is 1.54. The molecule has 0 bridgehead atoms. The van der Waals surface area contributed by atoms with Gasteiger partial charge in [0.15, 0.2) is 0 Å². The van der Waals surface area contributed by atoms with E-state index in [9.17, 15) is 13.2 Å². The minimum atomic E-state index is -3.54. The van der Waals surface area contributed by atoms with E-state index in [0.717, 1.165) is 0 Å². The van der Waals surface area contributed by atoms with E-state index < -0.39 is 10.0 Å². The number of rotatable bonds is 9. The molecule has 1 amide bonds. The maximum Gasteiger partial charge on any atom is 0.243 e. The number of carbonyl (C=O) groups is 1. The molecule has 0 aliphatic rings. The third-order valence-corrected chi connectivity index (χ3v) is 7.44. The first-order chi connectivity index (χ1) is 12.9. The Kier molecular flexibility index (Phi) is 7.89. The highest BCUT2D eigenvalue weighted by Crippen LogP contribution is 2.28. The second kappa shape index (κ2) is 9.92. The predicted octanol–water partition coefficient (Wildman–Crippen LogP) is 4.15. The first-order valence-corrected chi connectivity index (χ1v) is 11.4. The maximum atomic E-state index is 12.6. The molecule has 0 heterocycles. The number of amides is 1. The van der Waals surface area contributed by atoms with Crippen LogP contribution in [0.25, 0.3) is 0 Å². The van der Waals surface area contributed by atoms with Crippen molar-refractivity contribution in [3.8, 4) is 0 Å². The van der Waals surface area contributed by atoms with E-state index in [-0.39, 0.29) is 16.1 Å². The molecule has 0 radical (unpaired) electrons. The zero-order valence-electron chi connectivity index (χ0n) is 15.9. The fourth-order valence-electron chi connectivity index (χ4n) is 2.66. The van der Waals surface area contributed by atoms with Crippen LogP contribution in [0.2, 0.25) is 0 Å². The van der Waals surface area contributed by atoms with Crippen molar-refractivity contribution in [3.63, 3.8) is 0 Å². The van der Waals surface area contributed by atoms with Gasteiger partial charge in [0.05, 0.1) is 10.6 Å². The van der Waals surface area contributed by atoms with Crippen LogP contribution >= 0.6 is 11.8 Å². The van der Waals surface area contributed by atoms with E-state index >= 15 is 0 Å². The third-order valence-electron chi connectivity index (χ3n) is 4.19. The molecule has 0 saturated carbocycles. The van der Waals surface area contributed by atoms with E-state index in [1.807, 2.05) is 30.3 Å². The number of benzene rings is 2. The van der Waals surface area contributed by atoms with Crippen molar-refractivity contribution < 1.29 is 13.2 Å². The van der Waals surface area contributed by atoms with E-state index in [1.54, 1.807) is 43.8 Å². The van der Waals surface area contributed by atoms with Gasteiger partial charge in [0.1, 0.15) is 0 Å². The Labute approximate surface area is 166 Å². The SMILES string of the molecule is CCN(CC)S(=O)(=O)c1cccc(NC(=O)CS[C@H](C)c2ccccc2)c1. The van der Waals surface area contributed by atoms with Gasteiger partial charge in [-0.1, -0.05) is 50.2 Å². The number of hydrogen-bond acceptors (Lipinski definition) is 4. The Morgan fingerprint density at radius 2 is 1.74 bits per heavy atom. The van der Waals surface area contributed by atoms with E-state index in [1.165, 1.54) is 15.9 Å². The smallest absolute Gasteiger partial charge is 0.243 e. The molecule has 0 aliphatic heterocycles. The molecule has 1 N–H and O–H groups in total. The first kappa shape index (κ1) is 21.5. The number of carbonyl (C=O) groups excluding carboxylic acids is 1. The standard InChI is InChI=1S/C20H26N2O3S2/c1-4-22(5-2)27(24,25)19-13-9-12-18(14-19)21-20(23)15-26-16(3)17-10-7-6-8-11-17/h6-14,16H,4-5,15H2,1-3H3,(H,21,23)/t16-/m1/s1. The lowest BCUT2D eigenvalue weighted by atomic mass is 10.2. The second-order valence-corrected chi connectivity index (χ2v) is 9.30. The Morgan fingerprint density at radius 1 is 1.07 bits per heavy atom. The number of thioether (sulfide) groups is 1. The van der Waals surface area contributed by atoms with Gasteiger partial charge in [0.2, 0.25) is 15.9 Å². The molecule has 0 aliphatic carbocycles. The zero-order chi connectivity index (χ0) is 19.9. The van der Waals surface area contributed by atoms with Crippen molar-refractivity contribution >= 4 is 33.4 Å². The van der Waals surface area contributed by atoms with Gasteiger partial charge >= 0.3 is 0 Å². The summed E-state index contributed by atoms with van der Waals surface area (Å²) < 4.78 is 26.6. The molecule has 0 spiro atoms. The van der Waals surface area contributed by atoms with Crippen LogP contribution in [0.3, 0.4) is 0 Å². The first-order valence-electron chi connectivity index (χ1n) is 8.95. The van der Waals surface area contributed by atoms with Crippen molar-refractivity contribution in [2.75, 3.05) is 24.2 Å². The van der Waals surface area contributed by atoms with Crippen molar-refractivity contribution in [1.29, 1.82) is 0 Å². The summed E-state index contributed by atoms with van der Waals surface area (Å²) in [6.45, 7) is 6.48. The fourth-order valence-corrected chi connectivity index (χ4v) is 4.99. The van der Waals surface area contributed by atoms with Crippen LogP contribution in [0.1, 0.15) is 31.6 Å². The van der Waals surface area contributed by atoms with Gasteiger partial charge in [-0.25, -0.2) is 8.42 Å². The van der Waals surface area contributed by atoms with Gasteiger partial charge in [0.25, 0.3) is 0 Å². The lowest BCUT2D eigenvalue weighted by Gasteiger charge is -2.19. The van der Waals surface area contributed by atoms with Gasteiger partial charge < -0.3 is 5.32 Å². The molecule has 2 rings (SSSR count). The largest absolute Gasteiger partial charge is 0.325 e. The van der Waals surface area contributed by atoms with Crippen molar-refractivity contribution in [2.45, 2.75) is 30.9 Å². The Morgan fingerprint density at radius 3 is 2.37 bits per heavy atom. The van der Waals surface area contributed by atoms with Crippen LogP contribution in [0.4, 0.5) is 5.69 Å². The van der Waals surface area contributed by atoms with Crippen molar-refractivity contribution in [3.05, 3.63) is 60.2 Å². The normalized spacial score (nSPS) is 12.7. The lowest BCUT2D eigenvalue weighted by Crippen LogP contribution is -2.30. The summed E-state index contributed by atoms with van der Waals surface area (Å²) in [6.07, 6.45) is 0. The second-order valence-electron chi connectivity index (χ2n) is 6.03. The van der Waals surface area contributed by atoms with E-state index in [2.05, 4.69) is 12.2 Å². The number of nitrogens with one attached hydrogen (secondary N) is 1. The van der Waals surface area contributed by atoms with E-state index in [0.29, 0.717) is 24.5 Å². The predicted molar refractivity (Wildman–Crippen MR) is 112 cm³/mol. The van der Waals surface area contributed by atoms with Crippen LogP contribution in [0.15, 0.2) is 59.5 Å². The maximum absolute atomic E-state index is 12.6. The van der Waals surface area contributed by atoms with E-state index in [4.69, 9.17) is 0 Å². The summed E-state index contributed by atoms with van der Waals surface area (Å²) in [5.41, 5.74) is 1.66. The summed E-state index contributed by atoms with van der Waals surface area (Å²) in [6, 6.07) is 16.4. The fraction of sp³-hybridized carbons (Fsp3) is 0.350. The van der Waals surface area contributed by atoms with Gasteiger partial charge in [-0.2, -0.15) is 4.31 Å². The average Bonchev–Trinajstić information content (AvgIpc) is 2.67. The molecule has 2 aromatic rings. The van der Waals surface area contributed by atoms with Crippen LogP contribution in [-0.4, -0.2) is 37.5 Å². The monoisotopic (exact) mass is 406 g/mol. The lowest BCUT2D eigenvalue weighted by molar-refractivity contribution is -0.113. The molecular weight excluding hydrogens is 380 g/mol. The Balaban J connectivity index is 2.00. The van der Waals surface area contributed by atoms with Crippen LogP contribution in [0, 0.1) is 0 Å². The molecule has 2 aromatic carbocycles. The van der Waals surface area contributed by atoms with Gasteiger partial charge in [0, 0.05) is 24.0 Å². The third kappa shape index (κ3) is 5.82. The molecule has 0 aromatic heterocycles. The Bertz CT molecular complexity index is 851. The van der Waals surface area contributed by atoms with Crippen LogP contribution in [0.5, 0.6) is 0 Å². The average molecular weight is 407 g/mol. The highest BCUT2D eigenvalue weighted by molar-refractivity contribution is 8.00. The molecular formula is C20H26N2O3S2. The van der Waals surface area contributed by atoms with Crippen molar-refractivity contribution in [1.82, 2.24) is 4.31 Å². The summed E-state index contributed by atoms with van der Waals surface area (Å²) in [4.78, 5) is 12.5. The number of anilines is 1. The summed E-state index contributed by atoms with van der Waals surface area (Å²) in [5.74, 6) is 0.142. The van der Waals surface area contributed by atoms with Crippen molar-refractivity contribution in [2.24, 2.45) is 0 Å². The number of hydrogen-bond donors (Lipinski definition) is 1. The molecule has 0 unspecified atom stereocenters. The molecule has 5 nitrogen and oxygen atoms in total. The van der Waals surface area contributed by atoms with Crippen LogP contribution in [-0.2, 0) is 14.8 Å². The molecule has 146 valence electrons. The minimum Gasteiger partial charge on any atom is -0.325 e. The molecule has 0 fully saturated rings. The quantitative estimate of drug-likeness (QED) is 0.679. The van der Waals surface area contributed by atoms with Gasteiger partial charge in [-0.15, -0.1) is 11.8 Å².